The Hall–Kier alpha value is -4.75. The predicted octanol–water partition coefficient (Wildman–Crippen LogP) is 5.71. The number of fused-ring (bicyclic) bond motifs is 2. The molecule has 3 heterocycles. The van der Waals surface area contributed by atoms with Gasteiger partial charge in [-0.3, -0.25) is 18.8 Å². The van der Waals surface area contributed by atoms with Crippen LogP contribution in [0.15, 0.2) is 72.9 Å². The van der Waals surface area contributed by atoms with Crippen LogP contribution in [0.5, 0.6) is 5.75 Å². The Kier molecular flexibility index (Phi) is 8.56. The van der Waals surface area contributed by atoms with Crippen LogP contribution in [-0.4, -0.2) is 60.1 Å². The van der Waals surface area contributed by atoms with Gasteiger partial charge >= 0.3 is 6.03 Å². The van der Waals surface area contributed by atoms with Crippen LogP contribution in [0.25, 0.3) is 5.65 Å². The maximum Gasteiger partial charge on any atom is 0.320 e. The largest absolute Gasteiger partial charge is 0.480 e. The molecule has 2 amide bonds. The highest BCUT2D eigenvalue weighted by molar-refractivity contribution is 7.92. The normalized spacial score (nSPS) is 22.0. The first kappa shape index (κ1) is 34.1. The average Bonchev–Trinajstić information content (AvgIpc) is 3.54. The van der Waals surface area contributed by atoms with Gasteiger partial charge in [-0.2, -0.15) is 0 Å². The number of ether oxygens (including phenoxy) is 1. The number of urea groups is 1. The summed E-state index contributed by atoms with van der Waals surface area (Å²) in [5.41, 5.74) is 1.84. The van der Waals surface area contributed by atoms with Crippen LogP contribution >= 0.6 is 0 Å². The van der Waals surface area contributed by atoms with Gasteiger partial charge < -0.3 is 15.4 Å². The number of hydrogen-bond acceptors (Lipinski definition) is 8. The van der Waals surface area contributed by atoms with E-state index in [1.54, 1.807) is 36.4 Å². The van der Waals surface area contributed by atoms with Crippen LogP contribution in [0.2, 0.25) is 0 Å². The third-order valence-electron chi connectivity index (χ3n) is 9.03. The van der Waals surface area contributed by atoms with E-state index in [1.165, 1.54) is 6.07 Å². The van der Waals surface area contributed by atoms with Crippen LogP contribution in [0.4, 0.5) is 16.2 Å². The summed E-state index contributed by atoms with van der Waals surface area (Å²) in [5, 5.41) is 14.6. The molecule has 0 unspecified atom stereocenters. The second-order valence-corrected chi connectivity index (χ2v) is 16.7. The molecule has 1 aliphatic heterocycles. The number of carbonyl (C=O) groups is 2. The average molecular weight is 686 g/mol. The third kappa shape index (κ3) is 7.18. The number of amides is 2. The Morgan fingerprint density at radius 2 is 1.80 bits per heavy atom. The Bertz CT molecular complexity index is 2070. The highest BCUT2D eigenvalue weighted by Gasteiger charge is 2.40. The summed E-state index contributed by atoms with van der Waals surface area (Å²) in [5.74, 6) is 1.45. The quantitative estimate of drug-likeness (QED) is 0.158. The lowest BCUT2D eigenvalue weighted by Gasteiger charge is -2.34. The van der Waals surface area contributed by atoms with Gasteiger partial charge in [-0.1, -0.05) is 58.9 Å². The van der Waals surface area contributed by atoms with Crippen molar-refractivity contribution >= 4 is 39.4 Å². The van der Waals surface area contributed by atoms with Crippen molar-refractivity contribution < 1.29 is 22.7 Å². The minimum atomic E-state index is -3.56. The zero-order valence-electron chi connectivity index (χ0n) is 28.8. The van der Waals surface area contributed by atoms with E-state index in [0.717, 1.165) is 36.3 Å². The minimum absolute atomic E-state index is 0.124. The fraction of sp³-hybridized carbons (Fsp3) is 0.389. The predicted molar refractivity (Wildman–Crippen MR) is 189 cm³/mol. The molecule has 0 radical (unpaired) electrons. The SMILES string of the molecule is CN1CC(C)(C)C[C@H]1c1nnc2ccc(O[C@@H]3C=C[C@](C=O)(NC(=O)Nc4cc(NS(C)(=O)=O)cc(C(C)(C)C)c4)c4ccccc43)cn12. The number of sulfonamides is 1. The van der Waals surface area contributed by atoms with Crippen molar-refractivity contribution in [1.29, 1.82) is 0 Å². The van der Waals surface area contributed by atoms with E-state index >= 15 is 0 Å². The van der Waals surface area contributed by atoms with E-state index in [4.69, 9.17) is 4.74 Å². The van der Waals surface area contributed by atoms with Gasteiger partial charge in [0, 0.05) is 17.8 Å². The highest BCUT2D eigenvalue weighted by Crippen LogP contribution is 2.42. The number of benzene rings is 2. The molecule has 1 aliphatic carbocycles. The van der Waals surface area contributed by atoms with Crippen molar-refractivity contribution in [3.8, 4) is 5.75 Å². The zero-order valence-corrected chi connectivity index (χ0v) is 29.6. The lowest BCUT2D eigenvalue weighted by molar-refractivity contribution is -0.111. The van der Waals surface area contributed by atoms with Gasteiger partial charge in [0.25, 0.3) is 0 Å². The van der Waals surface area contributed by atoms with Crippen LogP contribution in [0, 0.1) is 5.41 Å². The van der Waals surface area contributed by atoms with Crippen molar-refractivity contribution in [3.05, 3.63) is 95.5 Å². The molecule has 2 aliphatic rings. The topological polar surface area (TPSA) is 147 Å². The molecule has 1 fully saturated rings. The van der Waals surface area contributed by atoms with Gasteiger partial charge in [0.2, 0.25) is 10.0 Å². The number of aromatic nitrogens is 3. The highest BCUT2D eigenvalue weighted by atomic mass is 32.2. The minimum Gasteiger partial charge on any atom is -0.480 e. The van der Waals surface area contributed by atoms with Gasteiger partial charge in [-0.05, 0) is 77.9 Å². The Balaban J connectivity index is 1.25. The van der Waals surface area contributed by atoms with Crippen LogP contribution < -0.4 is 20.1 Å². The molecule has 4 aromatic rings. The van der Waals surface area contributed by atoms with E-state index in [-0.39, 0.29) is 16.9 Å². The smallest absolute Gasteiger partial charge is 0.320 e. The summed E-state index contributed by atoms with van der Waals surface area (Å²) in [6.07, 6.45) is 7.45. The number of nitrogens with zero attached hydrogens (tertiary/aromatic N) is 4. The molecule has 0 bridgehead atoms. The molecular weight excluding hydrogens is 643 g/mol. The Morgan fingerprint density at radius 3 is 2.47 bits per heavy atom. The van der Waals surface area contributed by atoms with Crippen molar-refractivity contribution in [2.45, 2.75) is 64.1 Å². The van der Waals surface area contributed by atoms with Crippen molar-refractivity contribution in [2.75, 3.05) is 29.9 Å². The Morgan fingerprint density at radius 1 is 1.06 bits per heavy atom. The molecule has 1 saturated heterocycles. The number of hydrogen-bond donors (Lipinski definition) is 3. The van der Waals surface area contributed by atoms with Crippen LogP contribution in [0.1, 0.15) is 75.7 Å². The summed E-state index contributed by atoms with van der Waals surface area (Å²) in [6.45, 7) is 11.4. The van der Waals surface area contributed by atoms with Crippen LogP contribution in [-0.2, 0) is 25.8 Å². The number of pyridine rings is 1. The lowest BCUT2D eigenvalue weighted by Crippen LogP contribution is -2.49. The maximum absolute atomic E-state index is 13.5. The molecule has 3 atom stereocenters. The second-order valence-electron chi connectivity index (χ2n) is 14.9. The molecule has 12 nitrogen and oxygen atoms in total. The zero-order chi connectivity index (χ0) is 35.4. The number of rotatable bonds is 8. The molecule has 2 aromatic carbocycles. The van der Waals surface area contributed by atoms with E-state index in [0.29, 0.717) is 34.5 Å². The molecule has 2 aromatic heterocycles. The molecule has 49 heavy (non-hydrogen) atoms. The number of aldehydes is 1. The monoisotopic (exact) mass is 685 g/mol. The van der Waals surface area contributed by atoms with Gasteiger partial charge in [-0.25, -0.2) is 13.2 Å². The molecule has 3 N–H and O–H groups in total. The molecule has 0 spiro atoms. The van der Waals surface area contributed by atoms with E-state index in [1.807, 2.05) is 55.6 Å². The van der Waals surface area contributed by atoms with E-state index in [9.17, 15) is 18.0 Å². The summed E-state index contributed by atoms with van der Waals surface area (Å²) in [6, 6.07) is 15.6. The van der Waals surface area contributed by atoms with E-state index < -0.39 is 27.7 Å². The fourth-order valence-corrected chi connectivity index (χ4v) is 7.35. The van der Waals surface area contributed by atoms with Crippen LogP contribution in [0.3, 0.4) is 0 Å². The molecule has 0 saturated carbocycles. The van der Waals surface area contributed by atoms with E-state index in [2.05, 4.69) is 51.3 Å². The summed E-state index contributed by atoms with van der Waals surface area (Å²) < 4.78 is 34.9. The number of anilines is 2. The fourth-order valence-electron chi connectivity index (χ4n) is 6.80. The Labute approximate surface area is 287 Å². The standard InChI is InChI=1S/C36H43N7O5S/c1-34(2,3)23-16-24(18-25(17-23)41-49(7,46)47)37-33(45)38-36(22-44)15-14-30(27-10-8-9-11-28(27)36)48-26-12-13-31-39-40-32(43(31)20-26)29-19-35(4,5)21-42(29)6/h8-18,20,22,29-30,41H,19,21H2,1-7H3,(H2,37,38,45)/t29-,30+,36+/m0/s1. The number of likely N-dealkylation sites (tertiary alicyclic amines) is 1. The number of nitrogens with one attached hydrogen (secondary N) is 3. The van der Waals surface area contributed by atoms with Gasteiger partial charge in [0.15, 0.2) is 17.8 Å². The van der Waals surface area contributed by atoms with Crippen molar-refractivity contribution in [1.82, 2.24) is 24.8 Å². The van der Waals surface area contributed by atoms with Gasteiger partial charge in [0.05, 0.1) is 24.2 Å². The first-order chi connectivity index (χ1) is 23.0. The molecule has 13 heteroatoms. The molecular formula is C36H43N7O5S. The van der Waals surface area contributed by atoms with Crippen molar-refractivity contribution in [3.63, 3.8) is 0 Å². The van der Waals surface area contributed by atoms with Gasteiger partial charge in [-0.15, -0.1) is 10.2 Å². The molecule has 6 rings (SSSR count). The number of carbonyl (C=O) groups excluding carboxylic acids is 2. The first-order valence-corrected chi connectivity index (χ1v) is 18.0. The summed E-state index contributed by atoms with van der Waals surface area (Å²) in [4.78, 5) is 28.6. The van der Waals surface area contributed by atoms with Gasteiger partial charge in [0.1, 0.15) is 17.4 Å². The lowest BCUT2D eigenvalue weighted by atomic mass is 9.81. The third-order valence-corrected chi connectivity index (χ3v) is 9.64. The van der Waals surface area contributed by atoms with Crippen molar-refractivity contribution in [2.24, 2.45) is 5.41 Å². The summed E-state index contributed by atoms with van der Waals surface area (Å²) >= 11 is 0. The maximum atomic E-state index is 13.5. The molecule has 258 valence electrons. The second kappa shape index (κ2) is 12.3. The first-order valence-electron chi connectivity index (χ1n) is 16.1. The summed E-state index contributed by atoms with van der Waals surface area (Å²) in [7, 11) is -1.45.